The molecule has 0 radical (unpaired) electrons. The monoisotopic (exact) mass is 321 g/mol. The van der Waals surface area contributed by atoms with E-state index in [2.05, 4.69) is 15.1 Å². The normalized spacial score (nSPS) is 17.8. The summed E-state index contributed by atoms with van der Waals surface area (Å²) in [6.45, 7) is 0.790. The van der Waals surface area contributed by atoms with E-state index in [4.69, 9.17) is 10.5 Å². The highest BCUT2D eigenvalue weighted by atomic mass is 16.5. The summed E-state index contributed by atoms with van der Waals surface area (Å²) in [5, 5.41) is 4.63. The summed E-state index contributed by atoms with van der Waals surface area (Å²) in [6.07, 6.45) is 5.22. The number of nitrogens with two attached hydrogens (primary N) is 1. The van der Waals surface area contributed by atoms with Gasteiger partial charge in [0.05, 0.1) is 11.4 Å². The molecule has 1 unspecified atom stereocenters. The molecule has 24 heavy (non-hydrogen) atoms. The molecule has 1 saturated heterocycles. The van der Waals surface area contributed by atoms with Gasteiger partial charge in [-0.3, -0.25) is 0 Å². The smallest absolute Gasteiger partial charge is 0.221 e. The van der Waals surface area contributed by atoms with Crippen molar-refractivity contribution in [2.75, 3.05) is 12.3 Å². The first-order valence-corrected chi connectivity index (χ1v) is 8.17. The molecule has 0 bridgehead atoms. The first kappa shape index (κ1) is 14.8. The number of ether oxygens (including phenoxy) is 1. The zero-order valence-electron chi connectivity index (χ0n) is 13.3. The second-order valence-corrected chi connectivity index (χ2v) is 5.86. The van der Waals surface area contributed by atoms with Crippen LogP contribution in [0.1, 0.15) is 25.5 Å². The number of nitrogens with zero attached hydrogens (tertiary/aromatic N) is 4. The van der Waals surface area contributed by atoms with E-state index < -0.39 is 0 Å². The fraction of sp³-hybridized carbons (Fsp3) is 0.278. The van der Waals surface area contributed by atoms with Crippen LogP contribution in [0.3, 0.4) is 0 Å². The summed E-state index contributed by atoms with van der Waals surface area (Å²) in [4.78, 5) is 8.67. The molecule has 1 fully saturated rings. The van der Waals surface area contributed by atoms with Crippen molar-refractivity contribution in [1.29, 1.82) is 0 Å². The van der Waals surface area contributed by atoms with E-state index in [1.54, 1.807) is 0 Å². The third kappa shape index (κ3) is 3.00. The van der Waals surface area contributed by atoms with Gasteiger partial charge in [0, 0.05) is 18.4 Å². The van der Waals surface area contributed by atoms with Gasteiger partial charge in [-0.2, -0.15) is 5.10 Å². The fourth-order valence-electron chi connectivity index (χ4n) is 2.92. The maximum absolute atomic E-state index is 5.90. The zero-order chi connectivity index (χ0) is 16.4. The van der Waals surface area contributed by atoms with Crippen molar-refractivity contribution in [3.63, 3.8) is 0 Å². The third-order valence-corrected chi connectivity index (χ3v) is 4.13. The molecule has 2 aromatic heterocycles. The van der Waals surface area contributed by atoms with Crippen LogP contribution in [0, 0.1) is 0 Å². The fourth-order valence-corrected chi connectivity index (χ4v) is 2.92. The van der Waals surface area contributed by atoms with Crippen molar-refractivity contribution in [2.45, 2.75) is 25.5 Å². The lowest BCUT2D eigenvalue weighted by Gasteiger charge is -2.22. The van der Waals surface area contributed by atoms with Crippen LogP contribution < -0.4 is 5.73 Å². The van der Waals surface area contributed by atoms with Gasteiger partial charge in [0.25, 0.3) is 0 Å². The molecule has 6 nitrogen and oxygen atoms in total. The number of hydrogen-bond acceptors (Lipinski definition) is 5. The Bertz CT molecular complexity index is 824. The SMILES string of the molecule is Nc1nc(-c2ccccc2)cc(-c2ccn(C3CCCCO3)n2)n1. The average molecular weight is 321 g/mol. The van der Waals surface area contributed by atoms with Gasteiger partial charge in [0.2, 0.25) is 5.95 Å². The van der Waals surface area contributed by atoms with Crippen LogP contribution in [-0.2, 0) is 4.74 Å². The maximum Gasteiger partial charge on any atom is 0.221 e. The molecule has 1 aromatic carbocycles. The largest absolute Gasteiger partial charge is 0.368 e. The van der Waals surface area contributed by atoms with Crippen molar-refractivity contribution in [3.8, 4) is 22.6 Å². The Kier molecular flexibility index (Phi) is 3.96. The van der Waals surface area contributed by atoms with E-state index in [1.807, 2.05) is 53.3 Å². The molecule has 2 N–H and O–H groups in total. The molecule has 1 aliphatic rings. The minimum absolute atomic E-state index is 0.0141. The third-order valence-electron chi connectivity index (χ3n) is 4.13. The highest BCUT2D eigenvalue weighted by Gasteiger charge is 2.17. The Balaban J connectivity index is 1.67. The number of benzene rings is 1. The molecule has 122 valence electrons. The number of hydrogen-bond donors (Lipinski definition) is 1. The predicted octanol–water partition coefficient (Wildman–Crippen LogP) is 3.29. The van der Waals surface area contributed by atoms with Gasteiger partial charge in [-0.15, -0.1) is 0 Å². The van der Waals surface area contributed by atoms with E-state index in [0.717, 1.165) is 42.1 Å². The summed E-state index contributed by atoms with van der Waals surface area (Å²) in [5.41, 5.74) is 9.19. The van der Waals surface area contributed by atoms with Gasteiger partial charge in [0.15, 0.2) is 0 Å². The lowest BCUT2D eigenvalue weighted by atomic mass is 10.1. The second kappa shape index (κ2) is 6.41. The van der Waals surface area contributed by atoms with Crippen LogP contribution in [-0.4, -0.2) is 26.4 Å². The Hall–Kier alpha value is -2.73. The zero-order valence-corrected chi connectivity index (χ0v) is 13.3. The minimum Gasteiger partial charge on any atom is -0.368 e. The van der Waals surface area contributed by atoms with E-state index in [1.165, 1.54) is 6.42 Å². The molecule has 0 saturated carbocycles. The maximum atomic E-state index is 5.90. The lowest BCUT2D eigenvalue weighted by molar-refractivity contribution is -0.0393. The Labute approximate surface area is 140 Å². The van der Waals surface area contributed by atoms with Crippen LogP contribution in [0.15, 0.2) is 48.7 Å². The van der Waals surface area contributed by atoms with Crippen LogP contribution in [0.25, 0.3) is 22.6 Å². The van der Waals surface area contributed by atoms with Crippen LogP contribution in [0.5, 0.6) is 0 Å². The van der Waals surface area contributed by atoms with Crippen LogP contribution in [0.2, 0.25) is 0 Å². The van der Waals surface area contributed by atoms with Gasteiger partial charge in [0.1, 0.15) is 11.9 Å². The van der Waals surface area contributed by atoms with Crippen molar-refractivity contribution in [3.05, 3.63) is 48.7 Å². The molecule has 6 heteroatoms. The van der Waals surface area contributed by atoms with E-state index in [0.29, 0.717) is 0 Å². The standard InChI is InChI=1S/C18H19N5O/c19-18-20-15(13-6-2-1-3-7-13)12-16(21-18)14-9-10-23(22-14)17-8-4-5-11-24-17/h1-3,6-7,9-10,12,17H,4-5,8,11H2,(H2,19,20,21). The predicted molar refractivity (Wildman–Crippen MR) is 91.9 cm³/mol. The number of nitrogen functional groups attached to an aromatic ring is 1. The lowest BCUT2D eigenvalue weighted by Crippen LogP contribution is -2.18. The van der Waals surface area contributed by atoms with Crippen molar-refractivity contribution < 1.29 is 4.74 Å². The van der Waals surface area contributed by atoms with Crippen LogP contribution >= 0.6 is 0 Å². The molecular weight excluding hydrogens is 302 g/mol. The van der Waals surface area contributed by atoms with Crippen molar-refractivity contribution in [1.82, 2.24) is 19.7 Å². The van der Waals surface area contributed by atoms with Gasteiger partial charge in [-0.05, 0) is 31.4 Å². The summed E-state index contributed by atoms with van der Waals surface area (Å²) in [5.74, 6) is 0.245. The molecule has 4 rings (SSSR count). The molecule has 3 aromatic rings. The molecular formula is C18H19N5O. The Morgan fingerprint density at radius 2 is 1.83 bits per heavy atom. The van der Waals surface area contributed by atoms with Gasteiger partial charge < -0.3 is 10.5 Å². The van der Waals surface area contributed by atoms with Gasteiger partial charge >= 0.3 is 0 Å². The number of aromatic nitrogens is 4. The van der Waals surface area contributed by atoms with Crippen molar-refractivity contribution >= 4 is 5.95 Å². The number of anilines is 1. The highest BCUT2D eigenvalue weighted by Crippen LogP contribution is 2.26. The minimum atomic E-state index is 0.0141. The quantitative estimate of drug-likeness (QED) is 0.801. The summed E-state index contributed by atoms with van der Waals surface area (Å²) < 4.78 is 7.64. The topological polar surface area (TPSA) is 78.8 Å². The van der Waals surface area contributed by atoms with Crippen molar-refractivity contribution in [2.24, 2.45) is 0 Å². The number of rotatable bonds is 3. The second-order valence-electron chi connectivity index (χ2n) is 5.86. The molecule has 1 aliphatic heterocycles. The first-order chi connectivity index (χ1) is 11.8. The van der Waals surface area contributed by atoms with Gasteiger partial charge in [-0.25, -0.2) is 14.6 Å². The Morgan fingerprint density at radius 3 is 2.62 bits per heavy atom. The summed E-state index contributed by atoms with van der Waals surface area (Å²) >= 11 is 0. The van der Waals surface area contributed by atoms with E-state index in [-0.39, 0.29) is 12.2 Å². The molecule has 1 atom stereocenters. The molecule has 0 amide bonds. The van der Waals surface area contributed by atoms with Gasteiger partial charge in [-0.1, -0.05) is 30.3 Å². The average Bonchev–Trinajstić information content (AvgIpc) is 3.13. The molecule has 0 spiro atoms. The highest BCUT2D eigenvalue weighted by molar-refractivity contribution is 5.67. The molecule has 0 aliphatic carbocycles. The van der Waals surface area contributed by atoms with E-state index >= 15 is 0 Å². The summed E-state index contributed by atoms with van der Waals surface area (Å²) in [6, 6.07) is 13.8. The molecule has 3 heterocycles. The summed E-state index contributed by atoms with van der Waals surface area (Å²) in [7, 11) is 0. The Morgan fingerprint density at radius 1 is 1.00 bits per heavy atom. The van der Waals surface area contributed by atoms with E-state index in [9.17, 15) is 0 Å². The first-order valence-electron chi connectivity index (χ1n) is 8.17. The van der Waals surface area contributed by atoms with Crippen LogP contribution in [0.4, 0.5) is 5.95 Å².